The number of phenols is 3. The van der Waals surface area contributed by atoms with Crippen LogP contribution in [0.25, 0.3) is 11.1 Å². The molecule has 6 nitrogen and oxygen atoms in total. The van der Waals surface area contributed by atoms with Crippen molar-refractivity contribution in [2.45, 2.75) is 38.8 Å². The van der Waals surface area contributed by atoms with E-state index >= 15 is 0 Å². The van der Waals surface area contributed by atoms with Gasteiger partial charge in [0.25, 0.3) is 0 Å². The Morgan fingerprint density at radius 3 is 1.98 bits per heavy atom. The van der Waals surface area contributed by atoms with Crippen LogP contribution in [-0.4, -0.2) is 53.3 Å². The summed E-state index contributed by atoms with van der Waals surface area (Å²) in [5, 5.41) is 33.6. The second-order valence-corrected chi connectivity index (χ2v) is 11.3. The largest absolute Gasteiger partial charge is 0.507 e. The van der Waals surface area contributed by atoms with Gasteiger partial charge in [0.05, 0.1) is 0 Å². The second kappa shape index (κ2) is 11.6. The highest BCUT2D eigenvalue weighted by Crippen LogP contribution is 2.42. The summed E-state index contributed by atoms with van der Waals surface area (Å²) in [6.45, 7) is 1.19. The first-order valence-electron chi connectivity index (χ1n) is 13.7. The quantitative estimate of drug-likeness (QED) is 0.284. The molecule has 0 unspecified atom stereocenters. The van der Waals surface area contributed by atoms with Crippen LogP contribution in [0.1, 0.15) is 33.4 Å². The van der Waals surface area contributed by atoms with Crippen LogP contribution >= 0.6 is 0 Å². The number of hydrogen-bond acceptors (Lipinski definition) is 6. The third kappa shape index (κ3) is 6.09. The highest BCUT2D eigenvalue weighted by Gasteiger charge is 2.19. The molecule has 4 aromatic rings. The van der Waals surface area contributed by atoms with Gasteiger partial charge in [-0.05, 0) is 100 Å². The minimum atomic E-state index is 0.156. The molecule has 0 amide bonds. The number of hydrogen-bond donors (Lipinski definition) is 3. The van der Waals surface area contributed by atoms with Gasteiger partial charge in [-0.2, -0.15) is 0 Å². The van der Waals surface area contributed by atoms with E-state index in [1.807, 2.05) is 92.6 Å². The molecule has 6 bridgehead atoms. The van der Waals surface area contributed by atoms with Gasteiger partial charge in [0.15, 0.2) is 11.5 Å². The predicted molar refractivity (Wildman–Crippen MR) is 159 cm³/mol. The van der Waals surface area contributed by atoms with Gasteiger partial charge in [-0.1, -0.05) is 42.5 Å². The average molecular weight is 539 g/mol. The zero-order valence-electron chi connectivity index (χ0n) is 23.7. The lowest BCUT2D eigenvalue weighted by Gasteiger charge is -2.19. The molecule has 0 saturated heterocycles. The van der Waals surface area contributed by atoms with Crippen molar-refractivity contribution in [3.8, 4) is 39.9 Å². The summed E-state index contributed by atoms with van der Waals surface area (Å²) in [6, 6.07) is 21.6. The molecule has 0 atom stereocenters. The molecule has 0 aromatic heterocycles. The fourth-order valence-corrected chi connectivity index (χ4v) is 5.43. The number of phenolic OH excluding ortho intramolecular Hbond substituents is 3. The summed E-state index contributed by atoms with van der Waals surface area (Å²) in [5.74, 6) is 1.64. The van der Waals surface area contributed by atoms with Gasteiger partial charge in [0, 0.05) is 35.3 Å². The van der Waals surface area contributed by atoms with Crippen LogP contribution in [0.3, 0.4) is 0 Å². The van der Waals surface area contributed by atoms with Gasteiger partial charge in [0.1, 0.15) is 17.2 Å². The SMILES string of the molecule is CN(C)Cc1cc2cc(c1O)Oc1ccc(cc1)CCc1ccc(CN(C)C)c(O)c1-c1ccc(cc1O)CC2. The van der Waals surface area contributed by atoms with Crippen LogP contribution in [-0.2, 0) is 38.8 Å². The Kier molecular flexibility index (Phi) is 8.01. The lowest BCUT2D eigenvalue weighted by atomic mass is 9.90. The zero-order valence-corrected chi connectivity index (χ0v) is 23.7. The van der Waals surface area contributed by atoms with Crippen LogP contribution in [0.15, 0.2) is 66.7 Å². The van der Waals surface area contributed by atoms with E-state index in [-0.39, 0.29) is 17.2 Å². The summed E-state index contributed by atoms with van der Waals surface area (Å²) in [6.07, 6.45) is 2.87. The standard InChI is InChI=1S/C34H38N2O4/c1-35(2)20-26-13-12-25-11-7-22-8-14-28(15-9-22)40-31-19-24(17-27(33(31)38)21-36(3)4)6-5-23-10-16-29(30(37)18-23)32(25)34(26)39/h8-10,12-19,37-39H,5-7,11,20-21H2,1-4H3. The van der Waals surface area contributed by atoms with E-state index in [1.165, 1.54) is 0 Å². The number of ether oxygens (including phenoxy) is 1. The molecule has 4 aliphatic heterocycles. The lowest BCUT2D eigenvalue weighted by molar-refractivity contribution is 0.371. The fourth-order valence-electron chi connectivity index (χ4n) is 5.43. The van der Waals surface area contributed by atoms with Crippen LogP contribution < -0.4 is 4.74 Å². The van der Waals surface area contributed by atoms with Crippen LogP contribution in [0.5, 0.6) is 28.7 Å². The highest BCUT2D eigenvalue weighted by atomic mass is 16.5. The van der Waals surface area contributed by atoms with Crippen molar-refractivity contribution < 1.29 is 20.1 Å². The molecule has 4 heterocycles. The van der Waals surface area contributed by atoms with Crippen LogP contribution in [0, 0.1) is 0 Å². The van der Waals surface area contributed by atoms with E-state index in [0.29, 0.717) is 55.0 Å². The molecule has 40 heavy (non-hydrogen) atoms. The number of aromatic hydroxyl groups is 3. The van der Waals surface area contributed by atoms with Crippen LogP contribution in [0.4, 0.5) is 0 Å². The zero-order chi connectivity index (χ0) is 28.4. The van der Waals surface area contributed by atoms with Gasteiger partial charge in [-0.15, -0.1) is 0 Å². The summed E-state index contributed by atoms with van der Waals surface area (Å²) in [7, 11) is 7.89. The Bertz CT molecular complexity index is 1510. The van der Waals surface area contributed by atoms with Crippen molar-refractivity contribution >= 4 is 0 Å². The average Bonchev–Trinajstić information content (AvgIpc) is 2.90. The third-order valence-corrected chi connectivity index (χ3v) is 7.40. The Labute approximate surface area is 236 Å². The van der Waals surface area contributed by atoms with Gasteiger partial charge in [-0.25, -0.2) is 0 Å². The smallest absolute Gasteiger partial charge is 0.169 e. The predicted octanol–water partition coefficient (Wildman–Crippen LogP) is 6.27. The third-order valence-electron chi connectivity index (χ3n) is 7.40. The molecule has 208 valence electrons. The maximum Gasteiger partial charge on any atom is 0.169 e. The van der Waals surface area contributed by atoms with Crippen molar-refractivity contribution in [3.63, 3.8) is 0 Å². The summed E-state index contributed by atoms with van der Waals surface area (Å²) in [4.78, 5) is 4.04. The molecule has 4 aromatic carbocycles. The Morgan fingerprint density at radius 1 is 0.625 bits per heavy atom. The number of aryl methyl sites for hydroxylation is 4. The van der Waals surface area contributed by atoms with Crippen molar-refractivity contribution in [1.29, 1.82) is 0 Å². The summed E-state index contributed by atoms with van der Waals surface area (Å²) < 4.78 is 6.18. The number of rotatable bonds is 4. The lowest BCUT2D eigenvalue weighted by Crippen LogP contribution is -2.11. The first-order valence-corrected chi connectivity index (χ1v) is 13.7. The van der Waals surface area contributed by atoms with Crippen molar-refractivity contribution in [3.05, 3.63) is 100 Å². The topological polar surface area (TPSA) is 76.4 Å². The Morgan fingerprint density at radius 2 is 1.27 bits per heavy atom. The first-order chi connectivity index (χ1) is 19.2. The molecule has 8 rings (SSSR count). The molecule has 3 N–H and O–H groups in total. The molecule has 0 aliphatic carbocycles. The molecule has 0 saturated carbocycles. The highest BCUT2D eigenvalue weighted by molar-refractivity contribution is 5.80. The Balaban J connectivity index is 1.60. The molecule has 0 fully saturated rings. The van der Waals surface area contributed by atoms with Crippen molar-refractivity contribution in [1.82, 2.24) is 9.80 Å². The van der Waals surface area contributed by atoms with E-state index in [4.69, 9.17) is 4.74 Å². The maximum atomic E-state index is 11.4. The van der Waals surface area contributed by atoms with Gasteiger partial charge in [-0.3, -0.25) is 0 Å². The van der Waals surface area contributed by atoms with Gasteiger partial charge >= 0.3 is 0 Å². The van der Waals surface area contributed by atoms with E-state index in [2.05, 4.69) is 6.07 Å². The molecule has 0 radical (unpaired) electrons. The second-order valence-electron chi connectivity index (χ2n) is 11.3. The molecule has 6 heteroatoms. The maximum absolute atomic E-state index is 11.4. The summed E-state index contributed by atoms with van der Waals surface area (Å²) >= 11 is 0. The molecule has 4 aliphatic rings. The van der Waals surface area contributed by atoms with Gasteiger partial charge in [0.2, 0.25) is 0 Å². The summed E-state index contributed by atoms with van der Waals surface area (Å²) in [5.41, 5.74) is 7.12. The van der Waals surface area contributed by atoms with E-state index in [1.54, 1.807) is 6.07 Å². The van der Waals surface area contributed by atoms with Gasteiger partial charge < -0.3 is 29.9 Å². The van der Waals surface area contributed by atoms with Crippen molar-refractivity contribution in [2.75, 3.05) is 28.2 Å². The molecule has 0 spiro atoms. The van der Waals surface area contributed by atoms with E-state index in [9.17, 15) is 15.3 Å². The minimum absolute atomic E-state index is 0.156. The monoisotopic (exact) mass is 538 g/mol. The van der Waals surface area contributed by atoms with E-state index in [0.717, 1.165) is 39.8 Å². The number of nitrogens with zero attached hydrogens (tertiary/aromatic N) is 2. The first kappa shape index (κ1) is 27.6. The normalized spacial score (nSPS) is 13.2. The van der Waals surface area contributed by atoms with Crippen LogP contribution in [0.2, 0.25) is 0 Å². The van der Waals surface area contributed by atoms with Crippen molar-refractivity contribution in [2.24, 2.45) is 0 Å². The molecular weight excluding hydrogens is 500 g/mol. The van der Waals surface area contributed by atoms with E-state index < -0.39 is 0 Å². The number of benzene rings is 4. The minimum Gasteiger partial charge on any atom is -0.507 e. The molecular formula is C34H38N2O4. The Hall–Kier alpha value is -4.00. The fraction of sp³-hybridized carbons (Fsp3) is 0.294.